The lowest BCUT2D eigenvalue weighted by atomic mass is 10.0. The van der Waals surface area contributed by atoms with E-state index < -0.39 is 47.8 Å². The quantitative estimate of drug-likeness (QED) is 0.0260. The van der Waals surface area contributed by atoms with Gasteiger partial charge >= 0.3 is 11.9 Å². The Morgan fingerprint density at radius 3 is 1.44 bits per heavy atom. The Hall–Kier alpha value is -5.61. The Bertz CT molecular complexity index is 2060. The Morgan fingerprint density at radius 2 is 0.986 bits per heavy atom. The van der Waals surface area contributed by atoms with Gasteiger partial charge in [0.25, 0.3) is 5.91 Å². The molecule has 73 heavy (non-hydrogen) atoms. The second-order valence-electron chi connectivity index (χ2n) is 20.1. The van der Waals surface area contributed by atoms with E-state index in [2.05, 4.69) is 49.7 Å². The molecule has 17 heteroatoms. The highest BCUT2D eigenvalue weighted by Gasteiger charge is 2.28. The first kappa shape index (κ1) is 61.7. The Morgan fingerprint density at radius 1 is 0.548 bits per heavy atom. The average molecular weight is 1020 g/mol. The second-order valence-corrected chi connectivity index (χ2v) is 20.1. The van der Waals surface area contributed by atoms with Crippen LogP contribution in [0.2, 0.25) is 0 Å². The fourth-order valence-electron chi connectivity index (χ4n) is 9.19. The summed E-state index contributed by atoms with van der Waals surface area (Å²) in [5, 5.41) is 28.0. The number of nitrogens with two attached hydrogens (primary N) is 2. The van der Waals surface area contributed by atoms with Crippen LogP contribution in [-0.4, -0.2) is 85.0 Å². The van der Waals surface area contributed by atoms with Crippen molar-refractivity contribution in [3.8, 4) is 0 Å². The van der Waals surface area contributed by atoms with Crippen molar-refractivity contribution in [2.75, 3.05) is 23.4 Å². The van der Waals surface area contributed by atoms with E-state index in [1.807, 2.05) is 11.9 Å². The van der Waals surface area contributed by atoms with E-state index in [-0.39, 0.29) is 48.7 Å². The normalized spacial score (nSPS) is 12.5. The first-order chi connectivity index (χ1) is 35.3. The van der Waals surface area contributed by atoms with Gasteiger partial charge in [0.1, 0.15) is 18.1 Å². The SMILES string of the molecule is CCCCCCCCCCCCCCCCC(NC(=O)CCC(NC(=O)c1ccc(N(C)Cc2cnc3nc(N)nc(N)c3n2)cc1)C(=O)NC(CCCCCCCCCCCCCCCC)C(=O)O)C(=O)O. The monoisotopic (exact) mass is 1020 g/mol. The number of anilines is 3. The van der Waals surface area contributed by atoms with Crippen LogP contribution < -0.4 is 32.3 Å². The number of rotatable bonds is 43. The number of carbonyl (C=O) groups excluding carboxylic acids is 3. The molecule has 3 aromatic rings. The van der Waals surface area contributed by atoms with E-state index in [0.29, 0.717) is 30.6 Å². The highest BCUT2D eigenvalue weighted by atomic mass is 16.4. The molecule has 3 amide bonds. The molecule has 0 spiro atoms. The number of carboxylic acids is 2. The number of hydrogen-bond donors (Lipinski definition) is 7. The van der Waals surface area contributed by atoms with Crippen molar-refractivity contribution in [2.45, 2.75) is 244 Å². The first-order valence-corrected chi connectivity index (χ1v) is 28.0. The number of amides is 3. The maximum absolute atomic E-state index is 13.9. The molecular weight excluding hydrogens is 925 g/mol. The maximum Gasteiger partial charge on any atom is 0.326 e. The lowest BCUT2D eigenvalue weighted by molar-refractivity contribution is -0.142. The minimum Gasteiger partial charge on any atom is -0.480 e. The number of carbonyl (C=O) groups is 5. The lowest BCUT2D eigenvalue weighted by Crippen LogP contribution is -2.52. The fraction of sp³-hybridized carbons (Fsp3) is 0.696. The summed E-state index contributed by atoms with van der Waals surface area (Å²) < 4.78 is 0. The van der Waals surface area contributed by atoms with Crippen LogP contribution in [0.1, 0.15) is 235 Å². The number of aliphatic carboxylic acids is 2. The predicted octanol–water partition coefficient (Wildman–Crippen LogP) is 11.0. The van der Waals surface area contributed by atoms with Gasteiger partial charge in [-0.25, -0.2) is 19.6 Å². The van der Waals surface area contributed by atoms with E-state index in [1.165, 1.54) is 122 Å². The predicted molar refractivity (Wildman–Crippen MR) is 292 cm³/mol. The Kier molecular flexibility index (Phi) is 31.4. The molecule has 0 bridgehead atoms. The maximum atomic E-state index is 13.9. The van der Waals surface area contributed by atoms with E-state index in [4.69, 9.17) is 11.5 Å². The van der Waals surface area contributed by atoms with Crippen LogP contribution in [0.5, 0.6) is 0 Å². The van der Waals surface area contributed by atoms with Gasteiger partial charge in [-0.2, -0.15) is 9.97 Å². The standard InChI is InChI=1S/C56H92N10O7/c1-4-6-8-10-12-14-16-18-20-22-24-26-28-30-32-46(54(70)71)61-48(67)39-38-45(53(69)63-47(55(72)73)33-31-29-27-25-23-21-19-17-15-13-11-9-7-5-2)62-52(68)42-34-36-44(37-35-42)66(3)41-43-40-59-51-49(60-43)50(57)64-56(58)65-51/h34-37,40,45-47H,4-33,38-39,41H2,1-3H3,(H,61,67)(H,62,68)(H,63,69)(H,70,71)(H,72,73)(H4,57,58,59,64,65). The smallest absolute Gasteiger partial charge is 0.326 e. The summed E-state index contributed by atoms with van der Waals surface area (Å²) in [5.41, 5.74) is 13.9. The highest BCUT2D eigenvalue weighted by Crippen LogP contribution is 2.21. The third kappa shape index (κ3) is 26.3. The van der Waals surface area contributed by atoms with Crippen LogP contribution in [0.25, 0.3) is 11.2 Å². The molecule has 0 radical (unpaired) electrons. The molecule has 0 fully saturated rings. The third-order valence-corrected chi connectivity index (χ3v) is 13.7. The molecule has 3 rings (SSSR count). The van der Waals surface area contributed by atoms with Gasteiger partial charge in [0.15, 0.2) is 17.0 Å². The highest BCUT2D eigenvalue weighted by molar-refractivity contribution is 5.98. The van der Waals surface area contributed by atoms with Crippen LogP contribution in [0.3, 0.4) is 0 Å². The minimum atomic E-state index is -1.29. The summed E-state index contributed by atoms with van der Waals surface area (Å²) in [5.74, 6) is -4.13. The van der Waals surface area contributed by atoms with Crippen LogP contribution >= 0.6 is 0 Å². The zero-order valence-electron chi connectivity index (χ0n) is 44.8. The van der Waals surface area contributed by atoms with Gasteiger partial charge in [0, 0.05) is 24.7 Å². The molecule has 408 valence electrons. The molecule has 0 saturated heterocycles. The van der Waals surface area contributed by atoms with Gasteiger partial charge in [0.05, 0.1) is 18.4 Å². The Balaban J connectivity index is 1.55. The number of unbranched alkanes of at least 4 members (excludes halogenated alkanes) is 26. The molecule has 2 aromatic heterocycles. The van der Waals surface area contributed by atoms with Crippen LogP contribution in [-0.2, 0) is 25.7 Å². The van der Waals surface area contributed by atoms with Crippen LogP contribution in [0.4, 0.5) is 17.5 Å². The first-order valence-electron chi connectivity index (χ1n) is 28.0. The molecule has 0 aliphatic heterocycles. The zero-order chi connectivity index (χ0) is 53.1. The van der Waals surface area contributed by atoms with Gasteiger partial charge in [-0.1, -0.05) is 194 Å². The van der Waals surface area contributed by atoms with Gasteiger partial charge in [0.2, 0.25) is 17.8 Å². The van der Waals surface area contributed by atoms with Crippen molar-refractivity contribution in [3.05, 3.63) is 41.7 Å². The molecule has 0 aliphatic carbocycles. The Labute approximate surface area is 436 Å². The number of benzene rings is 1. The van der Waals surface area contributed by atoms with Crippen LogP contribution in [0, 0.1) is 0 Å². The molecule has 9 N–H and O–H groups in total. The van der Waals surface area contributed by atoms with E-state index in [1.54, 1.807) is 30.5 Å². The summed E-state index contributed by atoms with van der Waals surface area (Å²) in [4.78, 5) is 84.2. The lowest BCUT2D eigenvalue weighted by Gasteiger charge is -2.22. The van der Waals surface area contributed by atoms with Crippen LogP contribution in [0.15, 0.2) is 30.5 Å². The van der Waals surface area contributed by atoms with Gasteiger partial charge in [-0.05, 0) is 43.5 Å². The number of hydrogen-bond acceptors (Lipinski definition) is 12. The van der Waals surface area contributed by atoms with E-state index >= 15 is 0 Å². The van der Waals surface area contributed by atoms with Crippen molar-refractivity contribution in [1.82, 2.24) is 35.9 Å². The van der Waals surface area contributed by atoms with Crippen molar-refractivity contribution in [2.24, 2.45) is 0 Å². The number of carboxylic acid groups (broad SMARTS) is 2. The van der Waals surface area contributed by atoms with Crippen molar-refractivity contribution < 1.29 is 34.2 Å². The summed E-state index contributed by atoms with van der Waals surface area (Å²) in [7, 11) is 1.83. The molecule has 1 aromatic carbocycles. The molecule has 2 heterocycles. The summed E-state index contributed by atoms with van der Waals surface area (Å²) in [6.45, 7) is 4.80. The average Bonchev–Trinajstić information content (AvgIpc) is 3.36. The molecule has 3 unspecified atom stereocenters. The second kappa shape index (κ2) is 37.2. The van der Waals surface area contributed by atoms with Crippen molar-refractivity contribution in [1.29, 1.82) is 0 Å². The third-order valence-electron chi connectivity index (χ3n) is 13.7. The number of nitrogens with zero attached hydrogens (tertiary/aromatic N) is 5. The molecule has 17 nitrogen and oxygen atoms in total. The summed E-state index contributed by atoms with van der Waals surface area (Å²) in [6, 6.07) is 3.07. The fourth-order valence-corrected chi connectivity index (χ4v) is 9.19. The molecule has 3 atom stereocenters. The molecular formula is C56H92N10O7. The summed E-state index contributed by atoms with van der Waals surface area (Å²) >= 11 is 0. The van der Waals surface area contributed by atoms with Crippen molar-refractivity contribution in [3.63, 3.8) is 0 Å². The summed E-state index contributed by atoms with van der Waals surface area (Å²) in [6.07, 6.45) is 34.3. The number of nitrogen functional groups attached to an aromatic ring is 2. The number of nitrogens with one attached hydrogen (secondary N) is 3. The largest absolute Gasteiger partial charge is 0.480 e. The van der Waals surface area contributed by atoms with Gasteiger partial charge in [-0.15, -0.1) is 0 Å². The van der Waals surface area contributed by atoms with Crippen molar-refractivity contribution >= 4 is 58.3 Å². The molecule has 0 saturated carbocycles. The molecule has 0 aliphatic rings. The number of aromatic nitrogens is 4. The van der Waals surface area contributed by atoms with E-state index in [9.17, 15) is 34.2 Å². The van der Waals surface area contributed by atoms with Gasteiger partial charge < -0.3 is 42.5 Å². The van der Waals surface area contributed by atoms with Gasteiger partial charge in [-0.3, -0.25) is 14.4 Å². The topological polar surface area (TPSA) is 269 Å². The number of fused-ring (bicyclic) bond motifs is 1. The zero-order valence-corrected chi connectivity index (χ0v) is 44.8. The van der Waals surface area contributed by atoms with E-state index in [0.717, 1.165) is 50.6 Å². The minimum absolute atomic E-state index is 0.000205.